The largest absolute Gasteiger partial charge is 0.394 e. The number of nitrogens with zero attached hydrogens (tertiary/aromatic N) is 1. The van der Waals surface area contributed by atoms with E-state index in [9.17, 15) is 0 Å². The summed E-state index contributed by atoms with van der Waals surface area (Å²) in [5.41, 5.74) is 1.11. The fraction of sp³-hybridized carbons (Fsp3) is 0.500. The molecule has 0 unspecified atom stereocenters. The van der Waals surface area contributed by atoms with Crippen molar-refractivity contribution in [1.82, 2.24) is 4.98 Å². The monoisotopic (exact) mass is 274 g/mol. The van der Waals surface area contributed by atoms with E-state index in [1.165, 1.54) is 0 Å². The Morgan fingerprint density at radius 2 is 2.33 bits per heavy atom. The maximum absolute atomic E-state index is 8.49. The van der Waals surface area contributed by atoms with Crippen molar-refractivity contribution >= 4 is 21.7 Å². The van der Waals surface area contributed by atoms with Gasteiger partial charge in [0, 0.05) is 12.7 Å². The zero-order valence-corrected chi connectivity index (χ0v) is 10.2. The Bertz CT molecular complexity index is 307. The van der Waals surface area contributed by atoms with Crippen LogP contribution >= 0.6 is 15.9 Å². The molecule has 1 aromatic heterocycles. The summed E-state index contributed by atoms with van der Waals surface area (Å²) in [5, 5.41) is 11.6. The molecule has 0 saturated heterocycles. The molecule has 0 amide bonds. The topological polar surface area (TPSA) is 54.4 Å². The van der Waals surface area contributed by atoms with E-state index in [-0.39, 0.29) is 6.61 Å². The van der Waals surface area contributed by atoms with Crippen LogP contribution in [-0.2, 0) is 4.74 Å². The molecule has 0 aliphatic rings. The first-order valence-corrected chi connectivity index (χ1v) is 5.58. The first-order valence-electron chi connectivity index (χ1n) is 4.78. The molecular weight excluding hydrogens is 260 g/mol. The quantitative estimate of drug-likeness (QED) is 0.774. The number of halogens is 1. The molecule has 0 aliphatic heterocycles. The highest BCUT2D eigenvalue weighted by Gasteiger charge is 1.99. The molecule has 1 heterocycles. The summed E-state index contributed by atoms with van der Waals surface area (Å²) in [6, 6.07) is 2.00. The Balaban J connectivity index is 2.31. The molecule has 15 heavy (non-hydrogen) atoms. The average molecular weight is 275 g/mol. The number of rotatable bonds is 6. The standard InChI is InChI=1S/C10H15BrN2O2/c1-8-6-9(11)10(13-7-8)12-2-4-15-5-3-14/h6-7,14H,2-5H2,1H3,(H,12,13). The number of pyridine rings is 1. The smallest absolute Gasteiger partial charge is 0.140 e. The zero-order valence-electron chi connectivity index (χ0n) is 8.66. The second-order valence-electron chi connectivity index (χ2n) is 3.11. The van der Waals surface area contributed by atoms with Gasteiger partial charge < -0.3 is 15.2 Å². The normalized spacial score (nSPS) is 10.3. The van der Waals surface area contributed by atoms with Gasteiger partial charge in [-0.2, -0.15) is 0 Å². The maximum atomic E-state index is 8.49. The molecule has 2 N–H and O–H groups in total. The van der Waals surface area contributed by atoms with Crippen molar-refractivity contribution in [3.05, 3.63) is 22.3 Å². The number of aromatic nitrogens is 1. The Morgan fingerprint density at radius 1 is 1.53 bits per heavy atom. The molecule has 0 spiro atoms. The second-order valence-corrected chi connectivity index (χ2v) is 3.96. The number of hydrogen-bond donors (Lipinski definition) is 2. The van der Waals surface area contributed by atoms with Crippen molar-refractivity contribution in [1.29, 1.82) is 0 Å². The van der Waals surface area contributed by atoms with Gasteiger partial charge >= 0.3 is 0 Å². The SMILES string of the molecule is Cc1cnc(NCCOCCO)c(Br)c1. The van der Waals surface area contributed by atoms with E-state index in [0.29, 0.717) is 19.8 Å². The number of nitrogens with one attached hydrogen (secondary N) is 1. The van der Waals surface area contributed by atoms with Crippen LogP contribution in [0.25, 0.3) is 0 Å². The molecule has 0 saturated carbocycles. The first-order chi connectivity index (χ1) is 7.24. The minimum atomic E-state index is 0.0620. The van der Waals surface area contributed by atoms with Gasteiger partial charge in [-0.05, 0) is 34.5 Å². The Labute approximate surface area is 97.8 Å². The molecule has 1 aromatic rings. The van der Waals surface area contributed by atoms with Crippen molar-refractivity contribution in [2.45, 2.75) is 6.92 Å². The van der Waals surface area contributed by atoms with E-state index in [0.717, 1.165) is 15.9 Å². The van der Waals surface area contributed by atoms with Crippen molar-refractivity contribution in [3.63, 3.8) is 0 Å². The van der Waals surface area contributed by atoms with Gasteiger partial charge in [0.15, 0.2) is 0 Å². The highest BCUT2D eigenvalue weighted by atomic mass is 79.9. The average Bonchev–Trinajstić information content (AvgIpc) is 2.20. The minimum Gasteiger partial charge on any atom is -0.394 e. The fourth-order valence-corrected chi connectivity index (χ4v) is 1.68. The lowest BCUT2D eigenvalue weighted by Gasteiger charge is -2.08. The van der Waals surface area contributed by atoms with Crippen LogP contribution in [0, 0.1) is 6.92 Å². The molecule has 0 bridgehead atoms. The lowest BCUT2D eigenvalue weighted by molar-refractivity contribution is 0.0992. The van der Waals surface area contributed by atoms with Crippen LogP contribution in [0.5, 0.6) is 0 Å². The van der Waals surface area contributed by atoms with Crippen LogP contribution in [0.1, 0.15) is 5.56 Å². The molecule has 0 aliphatic carbocycles. The Hall–Kier alpha value is -0.650. The summed E-state index contributed by atoms with van der Waals surface area (Å²) in [4.78, 5) is 4.23. The van der Waals surface area contributed by atoms with E-state index >= 15 is 0 Å². The van der Waals surface area contributed by atoms with Gasteiger partial charge in [-0.15, -0.1) is 0 Å². The summed E-state index contributed by atoms with van der Waals surface area (Å²) >= 11 is 3.42. The van der Waals surface area contributed by atoms with Crippen LogP contribution in [0.3, 0.4) is 0 Å². The number of aliphatic hydroxyl groups is 1. The van der Waals surface area contributed by atoms with Crippen molar-refractivity contribution in [3.8, 4) is 0 Å². The highest BCUT2D eigenvalue weighted by Crippen LogP contribution is 2.19. The summed E-state index contributed by atoms with van der Waals surface area (Å²) in [5.74, 6) is 0.813. The third kappa shape index (κ3) is 4.59. The van der Waals surface area contributed by atoms with Crippen LogP contribution in [0.15, 0.2) is 16.7 Å². The van der Waals surface area contributed by atoms with Crippen LogP contribution in [0.2, 0.25) is 0 Å². The minimum absolute atomic E-state index is 0.0620. The molecular formula is C10H15BrN2O2. The van der Waals surface area contributed by atoms with E-state index in [1.54, 1.807) is 0 Å². The van der Waals surface area contributed by atoms with E-state index in [4.69, 9.17) is 9.84 Å². The first kappa shape index (κ1) is 12.4. The molecule has 84 valence electrons. The Kier molecular flexibility index (Phi) is 5.60. The molecule has 0 aromatic carbocycles. The van der Waals surface area contributed by atoms with Gasteiger partial charge in [-0.1, -0.05) is 0 Å². The van der Waals surface area contributed by atoms with Crippen molar-refractivity contribution in [2.24, 2.45) is 0 Å². The van der Waals surface area contributed by atoms with Crippen LogP contribution in [0.4, 0.5) is 5.82 Å². The molecule has 5 heteroatoms. The molecule has 1 rings (SSSR count). The lowest BCUT2D eigenvalue weighted by atomic mass is 10.3. The summed E-state index contributed by atoms with van der Waals surface area (Å²) in [7, 11) is 0. The number of aryl methyl sites for hydroxylation is 1. The van der Waals surface area contributed by atoms with E-state index < -0.39 is 0 Å². The molecule has 0 atom stereocenters. The van der Waals surface area contributed by atoms with Gasteiger partial charge in [-0.3, -0.25) is 0 Å². The number of anilines is 1. The van der Waals surface area contributed by atoms with Gasteiger partial charge in [0.25, 0.3) is 0 Å². The Morgan fingerprint density at radius 3 is 3.00 bits per heavy atom. The van der Waals surface area contributed by atoms with E-state index in [2.05, 4.69) is 26.2 Å². The van der Waals surface area contributed by atoms with Gasteiger partial charge in [0.2, 0.25) is 0 Å². The summed E-state index contributed by atoms with van der Waals surface area (Å²) < 4.78 is 6.06. The van der Waals surface area contributed by atoms with Crippen LogP contribution < -0.4 is 5.32 Å². The highest BCUT2D eigenvalue weighted by molar-refractivity contribution is 9.10. The lowest BCUT2D eigenvalue weighted by Crippen LogP contribution is -2.12. The predicted molar refractivity (Wildman–Crippen MR) is 63.1 cm³/mol. The van der Waals surface area contributed by atoms with Crippen molar-refractivity contribution in [2.75, 3.05) is 31.7 Å². The summed E-state index contributed by atoms with van der Waals surface area (Å²) in [6.07, 6.45) is 1.81. The van der Waals surface area contributed by atoms with Gasteiger partial charge in [0.1, 0.15) is 5.82 Å². The van der Waals surface area contributed by atoms with Crippen molar-refractivity contribution < 1.29 is 9.84 Å². The second kappa shape index (κ2) is 6.76. The number of hydrogen-bond acceptors (Lipinski definition) is 4. The van der Waals surface area contributed by atoms with E-state index in [1.807, 2.05) is 19.2 Å². The molecule has 0 radical (unpaired) electrons. The predicted octanol–water partition coefficient (Wildman–Crippen LogP) is 1.57. The zero-order chi connectivity index (χ0) is 11.1. The van der Waals surface area contributed by atoms with Crippen LogP contribution in [-0.4, -0.2) is 36.5 Å². The maximum Gasteiger partial charge on any atom is 0.140 e. The molecule has 4 nitrogen and oxygen atoms in total. The number of ether oxygens (including phenoxy) is 1. The number of aliphatic hydroxyl groups excluding tert-OH is 1. The fourth-order valence-electron chi connectivity index (χ4n) is 1.07. The third-order valence-corrected chi connectivity index (χ3v) is 2.36. The van der Waals surface area contributed by atoms with Gasteiger partial charge in [0.05, 0.1) is 24.3 Å². The summed E-state index contributed by atoms with van der Waals surface area (Å²) in [6.45, 7) is 3.67. The van der Waals surface area contributed by atoms with Gasteiger partial charge in [-0.25, -0.2) is 4.98 Å². The molecule has 0 fully saturated rings. The third-order valence-electron chi connectivity index (χ3n) is 1.75.